The molecule has 3 aromatic rings. The van der Waals surface area contributed by atoms with Crippen LogP contribution in [0.25, 0.3) is 11.0 Å². The number of carbonyl (C=O) groups is 1. The Morgan fingerprint density at radius 3 is 2.56 bits per heavy atom. The number of carbonyl (C=O) groups excluding carboxylic acids is 1. The number of hydrogen-bond donors (Lipinski definition) is 2. The first kappa shape index (κ1) is 21.1. The van der Waals surface area contributed by atoms with E-state index in [2.05, 4.69) is 26.9 Å². The third-order valence-corrected chi connectivity index (χ3v) is 5.11. The van der Waals surface area contributed by atoms with Crippen molar-refractivity contribution < 1.29 is 14.3 Å². The molecule has 10 heteroatoms. The maximum absolute atomic E-state index is 12.1. The number of nitrogen functional groups attached to an aromatic ring is 1. The monoisotopic (exact) mass is 433 g/mol. The molecule has 1 fully saturated rings. The minimum absolute atomic E-state index is 0.0329. The lowest BCUT2D eigenvalue weighted by Crippen LogP contribution is -2.50. The molecule has 1 aliphatic heterocycles. The molecule has 0 saturated carbocycles. The highest BCUT2D eigenvalue weighted by molar-refractivity contribution is 5.91. The molecule has 32 heavy (non-hydrogen) atoms. The fourth-order valence-corrected chi connectivity index (χ4v) is 3.41. The van der Waals surface area contributed by atoms with Crippen LogP contribution in [0.3, 0.4) is 0 Å². The molecule has 1 aromatic carbocycles. The van der Waals surface area contributed by atoms with Crippen LogP contribution >= 0.6 is 0 Å². The normalized spacial score (nSPS) is 13.7. The van der Waals surface area contributed by atoms with Gasteiger partial charge in [-0.05, 0) is 18.1 Å². The van der Waals surface area contributed by atoms with Gasteiger partial charge in [-0.15, -0.1) is 0 Å². The quantitative estimate of drug-likeness (QED) is 0.444. The van der Waals surface area contributed by atoms with Crippen LogP contribution in [0.2, 0.25) is 0 Å². The molecule has 0 spiro atoms. The van der Waals surface area contributed by atoms with Crippen molar-refractivity contribution >= 4 is 22.8 Å². The second kappa shape index (κ2) is 8.95. The lowest BCUT2D eigenvalue weighted by Gasteiger charge is -2.38. The van der Waals surface area contributed by atoms with Crippen LogP contribution in [0, 0.1) is 11.8 Å². The average molecular weight is 433 g/mol. The van der Waals surface area contributed by atoms with Crippen LogP contribution < -0.4 is 20.9 Å². The Morgan fingerprint density at radius 1 is 1.19 bits per heavy atom. The van der Waals surface area contributed by atoms with Crippen molar-refractivity contribution in [2.45, 2.75) is 6.04 Å². The number of aromatic nitrogens is 4. The molecule has 10 nitrogen and oxygen atoms in total. The molecule has 2 aromatic heterocycles. The largest absolute Gasteiger partial charge is 0.497 e. The summed E-state index contributed by atoms with van der Waals surface area (Å²) in [7, 11) is 3.16. The van der Waals surface area contributed by atoms with E-state index in [0.717, 1.165) is 0 Å². The van der Waals surface area contributed by atoms with E-state index in [4.69, 9.17) is 20.9 Å². The first-order valence-electron chi connectivity index (χ1n) is 9.93. The van der Waals surface area contributed by atoms with Gasteiger partial charge in [0.15, 0.2) is 5.65 Å². The predicted octanol–water partition coefficient (Wildman–Crippen LogP) is 0.724. The standard InChI is InChI=1S/C22H23N7O3/c1-31-16-8-14(9-17(10-16)32-2)5-6-18-20-21(24)25-13-26-22(20)29(27-18)15-11-28(12-15)19(30)4-3-7-23/h3-4,8-10,13,15H,7,11-12,23H2,1-2H3,(H2,24,25,26)/b4-3+. The number of likely N-dealkylation sites (tertiary alicyclic amines) is 1. The summed E-state index contributed by atoms with van der Waals surface area (Å²) in [6.07, 6.45) is 4.51. The Morgan fingerprint density at radius 2 is 1.91 bits per heavy atom. The van der Waals surface area contributed by atoms with Crippen LogP contribution in [-0.4, -0.2) is 64.4 Å². The fourth-order valence-electron chi connectivity index (χ4n) is 3.41. The second-order valence-corrected chi connectivity index (χ2v) is 7.14. The smallest absolute Gasteiger partial charge is 0.246 e. The van der Waals surface area contributed by atoms with Crippen molar-refractivity contribution in [3.8, 4) is 23.3 Å². The number of fused-ring (bicyclic) bond motifs is 1. The van der Waals surface area contributed by atoms with Gasteiger partial charge in [0.25, 0.3) is 0 Å². The number of benzene rings is 1. The van der Waals surface area contributed by atoms with Crippen molar-refractivity contribution in [3.05, 3.63) is 47.9 Å². The molecule has 164 valence electrons. The Kier molecular flexibility index (Phi) is 5.91. The van der Waals surface area contributed by atoms with E-state index in [1.807, 2.05) is 0 Å². The van der Waals surface area contributed by atoms with Crippen LogP contribution in [0.5, 0.6) is 11.5 Å². The van der Waals surface area contributed by atoms with Crippen molar-refractivity contribution in [3.63, 3.8) is 0 Å². The predicted molar refractivity (Wildman–Crippen MR) is 119 cm³/mol. The number of hydrogen-bond acceptors (Lipinski definition) is 8. The van der Waals surface area contributed by atoms with E-state index in [-0.39, 0.29) is 11.9 Å². The number of anilines is 1. The van der Waals surface area contributed by atoms with E-state index in [0.29, 0.717) is 59.2 Å². The molecule has 0 radical (unpaired) electrons. The summed E-state index contributed by atoms with van der Waals surface area (Å²) >= 11 is 0. The maximum Gasteiger partial charge on any atom is 0.246 e. The van der Waals surface area contributed by atoms with Gasteiger partial charge in [0.2, 0.25) is 5.91 Å². The topological polar surface area (TPSA) is 134 Å². The van der Waals surface area contributed by atoms with E-state index in [1.54, 1.807) is 48.1 Å². The van der Waals surface area contributed by atoms with Gasteiger partial charge in [0.1, 0.15) is 29.3 Å². The van der Waals surface area contributed by atoms with E-state index >= 15 is 0 Å². The fraction of sp³-hybridized carbons (Fsp3) is 0.273. The van der Waals surface area contributed by atoms with E-state index in [9.17, 15) is 4.79 Å². The van der Waals surface area contributed by atoms with Crippen molar-refractivity contribution in [1.82, 2.24) is 24.6 Å². The molecular formula is C22H23N7O3. The minimum atomic E-state index is -0.0794. The Hall–Kier alpha value is -4.10. The Bertz CT molecular complexity index is 1230. The number of nitrogens with zero attached hydrogens (tertiary/aromatic N) is 5. The van der Waals surface area contributed by atoms with Gasteiger partial charge in [-0.1, -0.05) is 12.0 Å². The van der Waals surface area contributed by atoms with Crippen LogP contribution in [0.4, 0.5) is 5.82 Å². The zero-order valence-electron chi connectivity index (χ0n) is 17.8. The van der Waals surface area contributed by atoms with Gasteiger partial charge in [-0.3, -0.25) is 4.79 Å². The first-order chi connectivity index (χ1) is 15.5. The number of ether oxygens (including phenoxy) is 2. The summed E-state index contributed by atoms with van der Waals surface area (Å²) < 4.78 is 12.4. The van der Waals surface area contributed by atoms with Gasteiger partial charge >= 0.3 is 0 Å². The number of methoxy groups -OCH3 is 2. The molecule has 1 aliphatic rings. The average Bonchev–Trinajstić information content (AvgIpc) is 3.14. The molecule has 0 aliphatic carbocycles. The molecule has 3 heterocycles. The summed E-state index contributed by atoms with van der Waals surface area (Å²) in [5.74, 6) is 7.65. The lowest BCUT2D eigenvalue weighted by atomic mass is 10.1. The molecule has 4 rings (SSSR count). The van der Waals surface area contributed by atoms with Crippen LogP contribution in [0.1, 0.15) is 17.3 Å². The van der Waals surface area contributed by atoms with Crippen LogP contribution in [-0.2, 0) is 4.79 Å². The zero-order chi connectivity index (χ0) is 22.7. The molecule has 0 unspecified atom stereocenters. The Balaban J connectivity index is 1.66. The third-order valence-electron chi connectivity index (χ3n) is 5.11. The maximum atomic E-state index is 12.1. The summed E-state index contributed by atoms with van der Waals surface area (Å²) in [6.45, 7) is 1.34. The highest BCUT2D eigenvalue weighted by Gasteiger charge is 2.33. The molecular weight excluding hydrogens is 410 g/mol. The summed E-state index contributed by atoms with van der Waals surface area (Å²) in [5, 5.41) is 5.24. The van der Waals surface area contributed by atoms with Gasteiger partial charge in [0, 0.05) is 37.3 Å². The van der Waals surface area contributed by atoms with E-state index in [1.165, 1.54) is 12.4 Å². The number of rotatable bonds is 5. The van der Waals surface area contributed by atoms with E-state index < -0.39 is 0 Å². The number of amides is 1. The zero-order valence-corrected chi connectivity index (χ0v) is 17.8. The molecule has 0 bridgehead atoms. The van der Waals surface area contributed by atoms with Crippen molar-refractivity contribution in [2.75, 3.05) is 39.6 Å². The highest BCUT2D eigenvalue weighted by atomic mass is 16.5. The minimum Gasteiger partial charge on any atom is -0.497 e. The first-order valence-corrected chi connectivity index (χ1v) is 9.93. The highest BCUT2D eigenvalue weighted by Crippen LogP contribution is 2.28. The molecule has 1 amide bonds. The van der Waals surface area contributed by atoms with Crippen molar-refractivity contribution in [2.24, 2.45) is 5.73 Å². The van der Waals surface area contributed by atoms with Crippen molar-refractivity contribution in [1.29, 1.82) is 0 Å². The van der Waals surface area contributed by atoms with Gasteiger partial charge in [-0.25, -0.2) is 14.6 Å². The SMILES string of the molecule is COc1cc(C#Cc2nn(C3CN(C(=O)/C=C/CN)C3)c3ncnc(N)c23)cc(OC)c1. The Labute approximate surface area is 184 Å². The van der Waals surface area contributed by atoms with Crippen LogP contribution in [0.15, 0.2) is 36.7 Å². The van der Waals surface area contributed by atoms with Gasteiger partial charge in [-0.2, -0.15) is 5.10 Å². The summed E-state index contributed by atoms with van der Waals surface area (Å²) in [4.78, 5) is 22.3. The lowest BCUT2D eigenvalue weighted by molar-refractivity contribution is -0.131. The second-order valence-electron chi connectivity index (χ2n) is 7.14. The third kappa shape index (κ3) is 4.06. The molecule has 1 saturated heterocycles. The number of nitrogens with two attached hydrogens (primary N) is 2. The summed E-state index contributed by atoms with van der Waals surface area (Å²) in [5.41, 5.74) is 13.3. The summed E-state index contributed by atoms with van der Waals surface area (Å²) in [6, 6.07) is 5.35. The van der Waals surface area contributed by atoms with Gasteiger partial charge < -0.3 is 25.8 Å². The van der Waals surface area contributed by atoms with Gasteiger partial charge in [0.05, 0.1) is 25.6 Å². The molecule has 0 atom stereocenters. The molecule has 4 N–H and O–H groups in total.